The molecule has 0 heterocycles. The molecule has 1 amide bonds. The molecule has 2 aliphatic rings. The molecule has 0 bridgehead atoms. The minimum Gasteiger partial charge on any atom is -0.393 e. The van der Waals surface area contributed by atoms with Crippen molar-refractivity contribution in [3.05, 3.63) is 12.2 Å². The topological polar surface area (TPSA) is 40.5 Å². The van der Waals surface area contributed by atoms with Crippen LogP contribution in [0.5, 0.6) is 0 Å². The number of aliphatic hydroxyl groups excluding tert-OH is 1. The summed E-state index contributed by atoms with van der Waals surface area (Å²) in [5.74, 6) is 0.994. The van der Waals surface area contributed by atoms with E-state index >= 15 is 0 Å². The summed E-state index contributed by atoms with van der Waals surface area (Å²) < 4.78 is 0. The van der Waals surface area contributed by atoms with Gasteiger partial charge in [0.05, 0.1) is 6.10 Å². The van der Waals surface area contributed by atoms with Gasteiger partial charge in [0, 0.05) is 19.5 Å². The molecule has 2 rings (SSSR count). The van der Waals surface area contributed by atoms with Gasteiger partial charge in [-0.25, -0.2) is 0 Å². The van der Waals surface area contributed by atoms with Crippen molar-refractivity contribution >= 4 is 5.91 Å². The van der Waals surface area contributed by atoms with Gasteiger partial charge in [-0.15, -0.1) is 0 Å². The molecule has 0 radical (unpaired) electrons. The van der Waals surface area contributed by atoms with Crippen LogP contribution in [0.1, 0.15) is 32.1 Å². The lowest BCUT2D eigenvalue weighted by atomic mass is 9.82. The van der Waals surface area contributed by atoms with Crippen LogP contribution >= 0.6 is 0 Å². The maximum atomic E-state index is 12.1. The van der Waals surface area contributed by atoms with Gasteiger partial charge in [0.1, 0.15) is 0 Å². The summed E-state index contributed by atoms with van der Waals surface area (Å²) >= 11 is 0. The van der Waals surface area contributed by atoms with E-state index in [1.165, 1.54) is 0 Å². The number of hydrogen-bond acceptors (Lipinski definition) is 2. The van der Waals surface area contributed by atoms with Gasteiger partial charge in [-0.3, -0.25) is 4.79 Å². The Kier molecular flexibility index (Phi) is 3.64. The zero-order valence-corrected chi connectivity index (χ0v) is 9.93. The smallest absolute Gasteiger partial charge is 0.225 e. The first-order valence-corrected chi connectivity index (χ1v) is 6.25. The number of amides is 1. The third kappa shape index (κ3) is 2.64. The zero-order chi connectivity index (χ0) is 11.5. The predicted octanol–water partition coefficient (Wildman–Crippen LogP) is 1.57. The number of hydrogen-bond donors (Lipinski definition) is 1. The average molecular weight is 223 g/mol. The van der Waals surface area contributed by atoms with E-state index in [0.29, 0.717) is 5.92 Å². The van der Waals surface area contributed by atoms with E-state index in [1.807, 2.05) is 11.9 Å². The largest absolute Gasteiger partial charge is 0.393 e. The second-order valence-electron chi connectivity index (χ2n) is 5.19. The standard InChI is InChI=1S/C13H21NO2/c1-14(9-10-7-12(15)8-10)13(16)11-5-3-2-4-6-11/h2-3,10-12,15H,4-9H2,1H3. The number of rotatable bonds is 3. The molecule has 0 aromatic heterocycles. The summed E-state index contributed by atoms with van der Waals surface area (Å²) in [6.07, 6.45) is 8.81. The minimum absolute atomic E-state index is 0.119. The molecule has 1 N–H and O–H groups in total. The molecule has 1 unspecified atom stereocenters. The van der Waals surface area contributed by atoms with Crippen molar-refractivity contribution in [2.45, 2.75) is 38.2 Å². The van der Waals surface area contributed by atoms with Crippen LogP contribution in [0, 0.1) is 11.8 Å². The molecule has 3 nitrogen and oxygen atoms in total. The maximum absolute atomic E-state index is 12.1. The molecular formula is C13H21NO2. The van der Waals surface area contributed by atoms with Crippen molar-refractivity contribution in [2.75, 3.05) is 13.6 Å². The van der Waals surface area contributed by atoms with Crippen LogP contribution < -0.4 is 0 Å². The molecule has 0 aromatic rings. The van der Waals surface area contributed by atoms with E-state index in [2.05, 4.69) is 12.2 Å². The van der Waals surface area contributed by atoms with Crippen LogP contribution in [0.25, 0.3) is 0 Å². The van der Waals surface area contributed by atoms with Gasteiger partial charge in [0.15, 0.2) is 0 Å². The molecule has 1 atom stereocenters. The van der Waals surface area contributed by atoms with E-state index in [9.17, 15) is 9.90 Å². The first-order valence-electron chi connectivity index (χ1n) is 6.25. The van der Waals surface area contributed by atoms with Crippen molar-refractivity contribution in [1.29, 1.82) is 0 Å². The third-order valence-corrected chi connectivity index (χ3v) is 3.74. The molecule has 2 aliphatic carbocycles. The molecule has 1 fully saturated rings. The second-order valence-corrected chi connectivity index (χ2v) is 5.19. The highest BCUT2D eigenvalue weighted by molar-refractivity contribution is 5.78. The fourth-order valence-electron chi connectivity index (χ4n) is 2.66. The Morgan fingerprint density at radius 2 is 2.19 bits per heavy atom. The average Bonchev–Trinajstić information content (AvgIpc) is 2.27. The van der Waals surface area contributed by atoms with Gasteiger partial charge in [0.2, 0.25) is 5.91 Å². The van der Waals surface area contributed by atoms with Crippen LogP contribution in [0.2, 0.25) is 0 Å². The van der Waals surface area contributed by atoms with Crippen LogP contribution in [-0.2, 0) is 4.79 Å². The molecular weight excluding hydrogens is 202 g/mol. The van der Waals surface area contributed by atoms with E-state index < -0.39 is 0 Å². The van der Waals surface area contributed by atoms with Crippen molar-refractivity contribution in [2.24, 2.45) is 11.8 Å². The number of carbonyl (C=O) groups is 1. The first-order chi connectivity index (χ1) is 7.66. The van der Waals surface area contributed by atoms with Gasteiger partial charge in [0.25, 0.3) is 0 Å². The highest BCUT2D eigenvalue weighted by Gasteiger charge is 2.30. The Labute approximate surface area is 97.1 Å². The molecule has 3 heteroatoms. The lowest BCUT2D eigenvalue weighted by Crippen LogP contribution is -2.41. The van der Waals surface area contributed by atoms with Gasteiger partial charge >= 0.3 is 0 Å². The van der Waals surface area contributed by atoms with Crippen LogP contribution in [0.3, 0.4) is 0 Å². The maximum Gasteiger partial charge on any atom is 0.225 e. The van der Waals surface area contributed by atoms with Gasteiger partial charge in [-0.1, -0.05) is 12.2 Å². The van der Waals surface area contributed by atoms with Crippen LogP contribution in [0.15, 0.2) is 12.2 Å². The Balaban J connectivity index is 1.77. The van der Waals surface area contributed by atoms with Gasteiger partial charge < -0.3 is 10.0 Å². The summed E-state index contributed by atoms with van der Waals surface area (Å²) in [4.78, 5) is 13.9. The Morgan fingerprint density at radius 1 is 1.44 bits per heavy atom. The molecule has 16 heavy (non-hydrogen) atoms. The predicted molar refractivity (Wildman–Crippen MR) is 62.8 cm³/mol. The van der Waals surface area contributed by atoms with Crippen molar-refractivity contribution in [1.82, 2.24) is 4.90 Å². The molecule has 0 aromatic carbocycles. The monoisotopic (exact) mass is 223 g/mol. The molecule has 0 spiro atoms. The number of carbonyl (C=O) groups excluding carboxylic acids is 1. The van der Waals surface area contributed by atoms with Gasteiger partial charge in [-0.2, -0.15) is 0 Å². The third-order valence-electron chi connectivity index (χ3n) is 3.74. The second kappa shape index (κ2) is 5.00. The number of aliphatic hydroxyl groups is 1. The minimum atomic E-state index is -0.119. The Morgan fingerprint density at radius 3 is 2.75 bits per heavy atom. The lowest BCUT2D eigenvalue weighted by Gasteiger charge is -2.35. The summed E-state index contributed by atoms with van der Waals surface area (Å²) in [6, 6.07) is 0. The normalized spacial score (nSPS) is 33.2. The Bertz CT molecular complexity index is 282. The van der Waals surface area contributed by atoms with Crippen molar-refractivity contribution in [3.8, 4) is 0 Å². The number of nitrogens with zero attached hydrogens (tertiary/aromatic N) is 1. The summed E-state index contributed by atoms with van der Waals surface area (Å²) in [6.45, 7) is 0.816. The van der Waals surface area contributed by atoms with Crippen LogP contribution in [-0.4, -0.2) is 35.6 Å². The molecule has 90 valence electrons. The van der Waals surface area contributed by atoms with E-state index in [0.717, 1.165) is 38.6 Å². The fraction of sp³-hybridized carbons (Fsp3) is 0.769. The van der Waals surface area contributed by atoms with E-state index in [1.54, 1.807) is 0 Å². The van der Waals surface area contributed by atoms with Crippen LogP contribution in [0.4, 0.5) is 0 Å². The molecule has 0 aliphatic heterocycles. The Hall–Kier alpha value is -0.830. The zero-order valence-electron chi connectivity index (χ0n) is 9.93. The quantitative estimate of drug-likeness (QED) is 0.738. The lowest BCUT2D eigenvalue weighted by molar-refractivity contribution is -0.136. The molecule has 0 saturated heterocycles. The summed E-state index contributed by atoms with van der Waals surface area (Å²) in [7, 11) is 1.89. The number of allylic oxidation sites excluding steroid dienone is 2. The fourth-order valence-corrected chi connectivity index (χ4v) is 2.66. The van der Waals surface area contributed by atoms with E-state index in [4.69, 9.17) is 0 Å². The van der Waals surface area contributed by atoms with E-state index in [-0.39, 0.29) is 17.9 Å². The highest BCUT2D eigenvalue weighted by atomic mass is 16.3. The van der Waals surface area contributed by atoms with Crippen molar-refractivity contribution < 1.29 is 9.90 Å². The molecule has 1 saturated carbocycles. The van der Waals surface area contributed by atoms with Crippen molar-refractivity contribution in [3.63, 3.8) is 0 Å². The highest BCUT2D eigenvalue weighted by Crippen LogP contribution is 2.28. The van der Waals surface area contributed by atoms with Gasteiger partial charge in [-0.05, 0) is 38.0 Å². The first kappa shape index (κ1) is 11.6. The summed E-state index contributed by atoms with van der Waals surface area (Å²) in [5.41, 5.74) is 0. The summed E-state index contributed by atoms with van der Waals surface area (Å²) in [5, 5.41) is 9.21. The SMILES string of the molecule is CN(CC1CC(O)C1)C(=O)C1CC=CCC1.